The number of nitrogens with one attached hydrogen (secondary N) is 2. The first kappa shape index (κ1) is 11.9. The van der Waals surface area contributed by atoms with Gasteiger partial charge in [0.05, 0.1) is 0 Å². The van der Waals surface area contributed by atoms with E-state index in [0.29, 0.717) is 23.3 Å². The number of H-pyrrole nitrogens is 1. The van der Waals surface area contributed by atoms with Gasteiger partial charge in [0.1, 0.15) is 5.82 Å². The van der Waals surface area contributed by atoms with Gasteiger partial charge in [0, 0.05) is 11.9 Å². The number of alkyl halides is 1. The summed E-state index contributed by atoms with van der Waals surface area (Å²) in [5.74, 6) is 1.48. The predicted molar refractivity (Wildman–Crippen MR) is 66.6 cm³/mol. The molecule has 6 nitrogen and oxygen atoms in total. The summed E-state index contributed by atoms with van der Waals surface area (Å²) in [4.78, 5) is 11.3. The molecule has 2 heterocycles. The number of fused-ring (bicyclic) bond motifs is 1. The molecular formula is C10H14ClN5O. The number of halogens is 1. The molecule has 0 saturated heterocycles. The number of hydrogen-bond acceptors (Lipinski definition) is 4. The molecule has 0 bridgehead atoms. The van der Waals surface area contributed by atoms with Gasteiger partial charge in [-0.1, -0.05) is 13.8 Å². The fourth-order valence-corrected chi connectivity index (χ4v) is 1.89. The third-order valence-corrected chi connectivity index (χ3v) is 2.91. The van der Waals surface area contributed by atoms with E-state index in [1.807, 2.05) is 0 Å². The van der Waals surface area contributed by atoms with Gasteiger partial charge in [-0.25, -0.2) is 9.89 Å². The molecular weight excluding hydrogens is 242 g/mol. The number of rotatable bonds is 4. The molecule has 2 rings (SSSR count). The summed E-state index contributed by atoms with van der Waals surface area (Å²) in [7, 11) is 0. The van der Waals surface area contributed by atoms with Crippen LogP contribution in [0.25, 0.3) is 5.65 Å². The van der Waals surface area contributed by atoms with E-state index in [-0.39, 0.29) is 11.7 Å². The maximum absolute atomic E-state index is 11.3. The summed E-state index contributed by atoms with van der Waals surface area (Å²) in [5.41, 5.74) is 0.142. The van der Waals surface area contributed by atoms with Crippen LogP contribution in [-0.4, -0.2) is 31.7 Å². The van der Waals surface area contributed by atoms with Crippen molar-refractivity contribution in [3.63, 3.8) is 0 Å². The van der Waals surface area contributed by atoms with E-state index in [1.165, 1.54) is 4.52 Å². The molecule has 0 aliphatic rings. The number of hydrogen-bond donors (Lipinski definition) is 2. The topological polar surface area (TPSA) is 75.1 Å². The van der Waals surface area contributed by atoms with Crippen LogP contribution in [0.1, 0.15) is 13.8 Å². The first-order valence-corrected chi connectivity index (χ1v) is 5.92. The van der Waals surface area contributed by atoms with Crippen LogP contribution in [-0.2, 0) is 0 Å². The Labute approximate surface area is 103 Å². The lowest BCUT2D eigenvalue weighted by Gasteiger charge is -2.19. The standard InChI is InChI=1S/C10H14ClN5O/c1-6(2)7(5-11)12-8-3-4-9-13-14-10(17)16(9)15-8/h3-4,6-7H,5H2,1-2H3,(H,12,15)(H,14,17). The highest BCUT2D eigenvalue weighted by Gasteiger charge is 2.13. The zero-order valence-corrected chi connectivity index (χ0v) is 10.4. The van der Waals surface area contributed by atoms with Crippen molar-refractivity contribution in [3.8, 4) is 0 Å². The van der Waals surface area contributed by atoms with Crippen molar-refractivity contribution in [1.29, 1.82) is 0 Å². The molecule has 1 atom stereocenters. The number of nitrogens with zero attached hydrogens (tertiary/aromatic N) is 3. The summed E-state index contributed by atoms with van der Waals surface area (Å²) in [5, 5.41) is 13.5. The highest BCUT2D eigenvalue weighted by molar-refractivity contribution is 6.18. The summed E-state index contributed by atoms with van der Waals surface area (Å²) >= 11 is 5.86. The Morgan fingerprint density at radius 1 is 1.53 bits per heavy atom. The first-order valence-electron chi connectivity index (χ1n) is 5.39. The Bertz CT molecular complexity index is 561. The highest BCUT2D eigenvalue weighted by atomic mass is 35.5. The molecule has 92 valence electrons. The highest BCUT2D eigenvalue weighted by Crippen LogP contribution is 2.11. The minimum Gasteiger partial charge on any atom is -0.364 e. The van der Waals surface area contributed by atoms with Crippen LogP contribution in [0, 0.1) is 5.92 Å². The van der Waals surface area contributed by atoms with Crippen molar-refractivity contribution < 1.29 is 0 Å². The zero-order valence-electron chi connectivity index (χ0n) is 9.64. The molecule has 2 N–H and O–H groups in total. The average Bonchev–Trinajstić information content (AvgIpc) is 2.67. The Morgan fingerprint density at radius 2 is 2.29 bits per heavy atom. The van der Waals surface area contributed by atoms with Gasteiger partial charge in [0.2, 0.25) is 0 Å². The second-order valence-electron chi connectivity index (χ2n) is 4.17. The monoisotopic (exact) mass is 255 g/mol. The second-order valence-corrected chi connectivity index (χ2v) is 4.48. The molecule has 0 radical (unpaired) electrons. The minimum atomic E-state index is -0.351. The van der Waals surface area contributed by atoms with Crippen LogP contribution in [0.5, 0.6) is 0 Å². The Balaban J connectivity index is 2.30. The molecule has 7 heteroatoms. The van der Waals surface area contributed by atoms with E-state index < -0.39 is 0 Å². The van der Waals surface area contributed by atoms with Crippen molar-refractivity contribution in [3.05, 3.63) is 22.6 Å². The molecule has 0 saturated carbocycles. The quantitative estimate of drug-likeness (QED) is 0.802. The van der Waals surface area contributed by atoms with Crippen LogP contribution < -0.4 is 11.0 Å². The molecule has 0 amide bonds. The van der Waals surface area contributed by atoms with Crippen molar-refractivity contribution in [2.24, 2.45) is 5.92 Å². The molecule has 0 spiro atoms. The molecule has 0 fully saturated rings. The summed E-state index contributed by atoms with van der Waals surface area (Å²) < 4.78 is 1.22. The molecule has 0 aliphatic heterocycles. The maximum Gasteiger partial charge on any atom is 0.364 e. The minimum absolute atomic E-state index is 0.115. The third-order valence-electron chi connectivity index (χ3n) is 2.58. The molecule has 17 heavy (non-hydrogen) atoms. The predicted octanol–water partition coefficient (Wildman–Crippen LogP) is 1.09. The Kier molecular flexibility index (Phi) is 3.33. The molecule has 0 aromatic carbocycles. The molecule has 1 unspecified atom stereocenters. The second kappa shape index (κ2) is 4.75. The lowest BCUT2D eigenvalue weighted by molar-refractivity contribution is 0.561. The van der Waals surface area contributed by atoms with Crippen molar-refractivity contribution >= 4 is 23.1 Å². The van der Waals surface area contributed by atoms with Crippen molar-refractivity contribution in [2.75, 3.05) is 11.2 Å². The first-order chi connectivity index (χ1) is 8.11. The van der Waals surface area contributed by atoms with E-state index >= 15 is 0 Å². The van der Waals surface area contributed by atoms with Gasteiger partial charge in [0.25, 0.3) is 0 Å². The Hall–Kier alpha value is -1.56. The third kappa shape index (κ3) is 2.41. The summed E-state index contributed by atoms with van der Waals surface area (Å²) in [6.07, 6.45) is 0. The van der Waals surface area contributed by atoms with Gasteiger partial charge in [-0.15, -0.1) is 16.7 Å². The molecule has 2 aromatic heterocycles. The summed E-state index contributed by atoms with van der Waals surface area (Å²) in [6, 6.07) is 3.61. The summed E-state index contributed by atoms with van der Waals surface area (Å²) in [6.45, 7) is 4.14. The van der Waals surface area contributed by atoms with Crippen LogP contribution >= 0.6 is 11.6 Å². The fraction of sp³-hybridized carbons (Fsp3) is 0.500. The van der Waals surface area contributed by atoms with Gasteiger partial charge in [-0.3, -0.25) is 0 Å². The largest absolute Gasteiger partial charge is 0.364 e. The van der Waals surface area contributed by atoms with E-state index in [0.717, 1.165) is 0 Å². The van der Waals surface area contributed by atoms with Crippen LogP contribution in [0.3, 0.4) is 0 Å². The van der Waals surface area contributed by atoms with E-state index in [9.17, 15) is 4.79 Å². The number of anilines is 1. The lowest BCUT2D eigenvalue weighted by Crippen LogP contribution is -2.28. The maximum atomic E-state index is 11.3. The van der Waals surface area contributed by atoms with Gasteiger partial charge >= 0.3 is 5.69 Å². The normalized spacial score (nSPS) is 13.2. The average molecular weight is 256 g/mol. The lowest BCUT2D eigenvalue weighted by atomic mass is 10.1. The van der Waals surface area contributed by atoms with Gasteiger partial charge in [-0.2, -0.15) is 9.61 Å². The number of aromatic amines is 1. The molecule has 0 aliphatic carbocycles. The van der Waals surface area contributed by atoms with Crippen molar-refractivity contribution in [1.82, 2.24) is 19.8 Å². The van der Waals surface area contributed by atoms with E-state index in [4.69, 9.17) is 11.6 Å². The van der Waals surface area contributed by atoms with Crippen LogP contribution in [0.15, 0.2) is 16.9 Å². The van der Waals surface area contributed by atoms with Gasteiger partial charge < -0.3 is 5.32 Å². The molecule has 2 aromatic rings. The smallest absolute Gasteiger partial charge is 0.364 e. The zero-order chi connectivity index (χ0) is 12.4. The van der Waals surface area contributed by atoms with E-state index in [1.54, 1.807) is 12.1 Å². The Morgan fingerprint density at radius 3 is 2.94 bits per heavy atom. The van der Waals surface area contributed by atoms with E-state index in [2.05, 4.69) is 34.5 Å². The van der Waals surface area contributed by atoms with Crippen molar-refractivity contribution in [2.45, 2.75) is 19.9 Å². The number of aromatic nitrogens is 4. The SMILES string of the molecule is CC(C)C(CCl)Nc1ccc2n[nH]c(=O)n2n1. The fourth-order valence-electron chi connectivity index (χ4n) is 1.45. The van der Waals surface area contributed by atoms with Gasteiger partial charge in [-0.05, 0) is 18.1 Å². The van der Waals surface area contributed by atoms with Gasteiger partial charge in [0.15, 0.2) is 5.65 Å². The van der Waals surface area contributed by atoms with Crippen LogP contribution in [0.2, 0.25) is 0 Å². The van der Waals surface area contributed by atoms with Crippen LogP contribution in [0.4, 0.5) is 5.82 Å².